The van der Waals surface area contributed by atoms with Crippen LogP contribution in [0.5, 0.6) is 0 Å². The molecule has 0 aliphatic heterocycles. The van der Waals surface area contributed by atoms with Gasteiger partial charge in [-0.15, -0.1) is 22.7 Å². The van der Waals surface area contributed by atoms with E-state index in [2.05, 4.69) is 166 Å². The molecule has 1 aliphatic carbocycles. The Kier molecular flexibility index (Phi) is 6.64. The second kappa shape index (κ2) is 11.5. The first-order valence-electron chi connectivity index (χ1n) is 17.9. The van der Waals surface area contributed by atoms with Crippen LogP contribution in [-0.2, 0) is 5.41 Å². The number of fused-ring (bicyclic) bond motifs is 9. The third kappa shape index (κ3) is 4.67. The van der Waals surface area contributed by atoms with Crippen LogP contribution in [0, 0.1) is 0 Å². The Labute approximate surface area is 314 Å². The predicted molar refractivity (Wildman–Crippen MR) is 225 cm³/mol. The Bertz CT molecular complexity index is 3100. The standard InChI is InChI=1S/C48H31N3S2/c1-48(2)39-20-8-6-14-32(39)33-24-22-29(26-40(33)48)45-49-46(51-47(50-45)38-19-11-18-36-34-15-7-9-21-41(34)52-44(36)38)30-23-25-35-37-17-10-16-31(28-12-4-3-5-13-28)43(37)53-42(35)27-30/h3-27H,1-2H3. The van der Waals surface area contributed by atoms with Crippen molar-refractivity contribution in [3.8, 4) is 56.4 Å². The van der Waals surface area contributed by atoms with Gasteiger partial charge in [0.2, 0.25) is 0 Å². The molecule has 0 atom stereocenters. The molecule has 3 nitrogen and oxygen atoms in total. The van der Waals surface area contributed by atoms with E-state index in [0.717, 1.165) is 16.7 Å². The minimum Gasteiger partial charge on any atom is -0.208 e. The molecule has 0 bridgehead atoms. The van der Waals surface area contributed by atoms with E-state index in [1.807, 2.05) is 11.3 Å². The van der Waals surface area contributed by atoms with E-state index in [-0.39, 0.29) is 5.41 Å². The van der Waals surface area contributed by atoms with Gasteiger partial charge in [-0.25, -0.2) is 15.0 Å². The quantitative estimate of drug-likeness (QED) is 0.182. The van der Waals surface area contributed by atoms with Crippen molar-refractivity contribution >= 4 is 63.0 Å². The van der Waals surface area contributed by atoms with Gasteiger partial charge in [0.1, 0.15) is 0 Å². The minimum atomic E-state index is -0.131. The van der Waals surface area contributed by atoms with Crippen LogP contribution in [0.25, 0.3) is 96.8 Å². The molecule has 3 heterocycles. The van der Waals surface area contributed by atoms with Gasteiger partial charge in [-0.2, -0.15) is 0 Å². The van der Waals surface area contributed by atoms with Gasteiger partial charge in [-0.1, -0.05) is 141 Å². The molecule has 0 amide bonds. The van der Waals surface area contributed by atoms with E-state index in [0.29, 0.717) is 17.5 Å². The zero-order valence-corrected chi connectivity index (χ0v) is 30.7. The van der Waals surface area contributed by atoms with E-state index in [4.69, 9.17) is 15.0 Å². The van der Waals surface area contributed by atoms with Gasteiger partial charge in [0.15, 0.2) is 17.5 Å². The second-order valence-electron chi connectivity index (χ2n) is 14.4. The van der Waals surface area contributed by atoms with E-state index >= 15 is 0 Å². The number of hydrogen-bond acceptors (Lipinski definition) is 5. The van der Waals surface area contributed by atoms with Crippen LogP contribution >= 0.6 is 22.7 Å². The molecular weight excluding hydrogens is 683 g/mol. The Hall–Kier alpha value is -6.01. The lowest BCUT2D eigenvalue weighted by Gasteiger charge is -2.21. The molecule has 3 aromatic heterocycles. The first kappa shape index (κ1) is 30.6. The average molecular weight is 714 g/mol. The summed E-state index contributed by atoms with van der Waals surface area (Å²) in [6, 6.07) is 54.6. The molecule has 0 N–H and O–H groups in total. The third-order valence-electron chi connectivity index (χ3n) is 11.0. The van der Waals surface area contributed by atoms with Crippen LogP contribution in [0.1, 0.15) is 25.0 Å². The summed E-state index contributed by atoms with van der Waals surface area (Å²) in [5.41, 5.74) is 10.6. The topological polar surface area (TPSA) is 38.7 Å². The van der Waals surface area contributed by atoms with Gasteiger partial charge >= 0.3 is 0 Å². The summed E-state index contributed by atoms with van der Waals surface area (Å²) in [5.74, 6) is 2.04. The van der Waals surface area contributed by atoms with Crippen molar-refractivity contribution < 1.29 is 0 Å². The highest BCUT2D eigenvalue weighted by Crippen LogP contribution is 2.50. The maximum Gasteiger partial charge on any atom is 0.165 e. The summed E-state index contributed by atoms with van der Waals surface area (Å²) >= 11 is 3.64. The Balaban J connectivity index is 1.12. The van der Waals surface area contributed by atoms with Crippen LogP contribution < -0.4 is 0 Å². The molecule has 0 spiro atoms. The molecule has 0 saturated heterocycles. The molecule has 5 heteroatoms. The van der Waals surface area contributed by atoms with Crippen molar-refractivity contribution in [2.24, 2.45) is 0 Å². The zero-order valence-electron chi connectivity index (χ0n) is 29.1. The largest absolute Gasteiger partial charge is 0.208 e. The number of hydrogen-bond donors (Lipinski definition) is 0. The van der Waals surface area contributed by atoms with Crippen molar-refractivity contribution in [3.63, 3.8) is 0 Å². The van der Waals surface area contributed by atoms with Gasteiger partial charge in [-0.05, 0) is 57.6 Å². The summed E-state index contributed by atoms with van der Waals surface area (Å²) < 4.78 is 4.96. The van der Waals surface area contributed by atoms with Crippen LogP contribution in [-0.4, -0.2) is 15.0 Å². The molecule has 250 valence electrons. The van der Waals surface area contributed by atoms with Gasteiger partial charge in [-0.3, -0.25) is 0 Å². The molecular formula is C48H31N3S2. The highest BCUT2D eigenvalue weighted by molar-refractivity contribution is 7.26. The molecule has 0 fully saturated rings. The minimum absolute atomic E-state index is 0.131. The number of rotatable bonds is 4. The maximum atomic E-state index is 5.27. The van der Waals surface area contributed by atoms with E-state index in [9.17, 15) is 0 Å². The van der Waals surface area contributed by atoms with Crippen LogP contribution in [0.15, 0.2) is 152 Å². The predicted octanol–water partition coefficient (Wildman–Crippen LogP) is 13.6. The number of benzene rings is 7. The fraction of sp³-hybridized carbons (Fsp3) is 0.0625. The first-order chi connectivity index (χ1) is 26.0. The van der Waals surface area contributed by atoms with Crippen LogP contribution in [0.4, 0.5) is 0 Å². The summed E-state index contributed by atoms with van der Waals surface area (Å²) in [4.78, 5) is 15.8. The van der Waals surface area contributed by atoms with Gasteiger partial charge in [0.05, 0.1) is 0 Å². The highest BCUT2D eigenvalue weighted by atomic mass is 32.1. The van der Waals surface area contributed by atoms with Crippen LogP contribution in [0.3, 0.4) is 0 Å². The smallest absolute Gasteiger partial charge is 0.165 e. The van der Waals surface area contributed by atoms with Crippen molar-refractivity contribution in [2.75, 3.05) is 0 Å². The van der Waals surface area contributed by atoms with Crippen LogP contribution in [0.2, 0.25) is 0 Å². The normalized spacial score (nSPS) is 13.2. The molecule has 1 aliphatic rings. The summed E-state index contributed by atoms with van der Waals surface area (Å²) in [6.07, 6.45) is 0. The summed E-state index contributed by atoms with van der Waals surface area (Å²) in [6.45, 7) is 4.63. The van der Waals surface area contributed by atoms with Gasteiger partial charge in [0.25, 0.3) is 0 Å². The molecule has 0 unspecified atom stereocenters. The van der Waals surface area contributed by atoms with Crippen molar-refractivity contribution in [2.45, 2.75) is 19.3 Å². The molecule has 53 heavy (non-hydrogen) atoms. The van der Waals surface area contributed by atoms with Crippen molar-refractivity contribution in [3.05, 3.63) is 163 Å². The molecule has 11 rings (SSSR count). The number of aromatic nitrogens is 3. The average Bonchev–Trinajstić information content (AvgIpc) is 3.85. The van der Waals surface area contributed by atoms with Crippen molar-refractivity contribution in [1.29, 1.82) is 0 Å². The number of nitrogens with zero attached hydrogens (tertiary/aromatic N) is 3. The lowest BCUT2D eigenvalue weighted by atomic mass is 9.82. The fourth-order valence-corrected chi connectivity index (χ4v) is 10.8. The fourth-order valence-electron chi connectivity index (χ4n) is 8.30. The maximum absolute atomic E-state index is 5.27. The summed E-state index contributed by atoms with van der Waals surface area (Å²) in [7, 11) is 0. The molecule has 10 aromatic rings. The third-order valence-corrected chi connectivity index (χ3v) is 13.4. The zero-order chi connectivity index (χ0) is 35.3. The lowest BCUT2D eigenvalue weighted by Crippen LogP contribution is -2.15. The van der Waals surface area contributed by atoms with E-state index < -0.39 is 0 Å². The summed E-state index contributed by atoms with van der Waals surface area (Å²) in [5, 5.41) is 5.00. The lowest BCUT2D eigenvalue weighted by molar-refractivity contribution is 0.660. The Morgan fingerprint density at radius 2 is 0.943 bits per heavy atom. The monoisotopic (exact) mass is 713 g/mol. The van der Waals surface area contributed by atoms with E-state index in [1.54, 1.807) is 11.3 Å². The second-order valence-corrected chi connectivity index (χ2v) is 16.5. The Morgan fingerprint density at radius 3 is 1.77 bits per heavy atom. The molecule has 0 saturated carbocycles. The van der Waals surface area contributed by atoms with Gasteiger partial charge in [0, 0.05) is 62.4 Å². The Morgan fingerprint density at radius 1 is 0.377 bits per heavy atom. The first-order valence-corrected chi connectivity index (χ1v) is 19.6. The van der Waals surface area contributed by atoms with Crippen molar-refractivity contribution in [1.82, 2.24) is 15.0 Å². The molecule has 7 aromatic carbocycles. The SMILES string of the molecule is CC1(C)c2ccccc2-c2ccc(-c3nc(-c4ccc5c(c4)sc4c(-c6ccccc6)cccc45)nc(-c4cccc5c4sc4ccccc45)n3)cc21. The van der Waals surface area contributed by atoms with E-state index in [1.165, 1.54) is 73.7 Å². The highest BCUT2D eigenvalue weighted by Gasteiger charge is 2.35. The number of thiophene rings is 2. The van der Waals surface area contributed by atoms with Gasteiger partial charge < -0.3 is 0 Å². The molecule has 0 radical (unpaired) electrons.